The summed E-state index contributed by atoms with van der Waals surface area (Å²) in [4.78, 5) is 27.9. The average Bonchev–Trinajstić information content (AvgIpc) is 2.76. The van der Waals surface area contributed by atoms with Crippen LogP contribution < -0.4 is 9.62 Å². The molecule has 0 aromatic heterocycles. The monoisotopic (exact) mass is 487 g/mol. The van der Waals surface area contributed by atoms with Crippen molar-refractivity contribution in [2.75, 3.05) is 17.1 Å². The van der Waals surface area contributed by atoms with Gasteiger partial charge in [-0.05, 0) is 58.2 Å². The number of anilines is 1. The van der Waals surface area contributed by atoms with E-state index < -0.39 is 28.5 Å². The molecule has 34 heavy (non-hydrogen) atoms. The zero-order chi connectivity index (χ0) is 25.6. The van der Waals surface area contributed by atoms with Crippen molar-refractivity contribution in [3.05, 3.63) is 64.7 Å². The first-order valence-electron chi connectivity index (χ1n) is 11.5. The number of rotatable bonds is 10. The Kier molecular flexibility index (Phi) is 9.27. The lowest BCUT2D eigenvalue weighted by molar-refractivity contribution is -0.139. The fourth-order valence-corrected chi connectivity index (χ4v) is 4.53. The number of carbonyl (C=O) groups is 2. The van der Waals surface area contributed by atoms with Crippen LogP contribution in [0.15, 0.2) is 42.5 Å². The Hall–Kier alpha value is -2.87. The van der Waals surface area contributed by atoms with Gasteiger partial charge in [0.15, 0.2) is 0 Å². The van der Waals surface area contributed by atoms with E-state index in [2.05, 4.69) is 5.32 Å². The summed E-state index contributed by atoms with van der Waals surface area (Å²) < 4.78 is 26.5. The van der Waals surface area contributed by atoms with Crippen molar-refractivity contribution in [1.29, 1.82) is 0 Å². The van der Waals surface area contributed by atoms with Crippen molar-refractivity contribution in [3.63, 3.8) is 0 Å². The highest BCUT2D eigenvalue weighted by atomic mass is 32.2. The van der Waals surface area contributed by atoms with E-state index in [1.54, 1.807) is 13.0 Å². The third kappa shape index (κ3) is 7.32. The fraction of sp³-hybridized carbons (Fsp3) is 0.462. The van der Waals surface area contributed by atoms with Gasteiger partial charge in [0, 0.05) is 12.6 Å². The highest BCUT2D eigenvalue weighted by Gasteiger charge is 2.30. The quantitative estimate of drug-likeness (QED) is 0.554. The van der Waals surface area contributed by atoms with Crippen LogP contribution in [0.5, 0.6) is 0 Å². The van der Waals surface area contributed by atoms with Gasteiger partial charge < -0.3 is 10.2 Å². The van der Waals surface area contributed by atoms with E-state index in [0.717, 1.165) is 39.2 Å². The van der Waals surface area contributed by atoms with Crippen molar-refractivity contribution in [2.24, 2.45) is 0 Å². The van der Waals surface area contributed by atoms with Gasteiger partial charge in [-0.25, -0.2) is 8.42 Å². The van der Waals surface area contributed by atoms with Gasteiger partial charge in [-0.1, -0.05) is 54.4 Å². The minimum atomic E-state index is -3.74. The van der Waals surface area contributed by atoms with Gasteiger partial charge in [-0.15, -0.1) is 0 Å². The standard InChI is InChI=1S/C26H37N3O4S/c1-8-21(5)27-26(31)22(6)28(16-23-12-9-18(2)10-13-23)25(30)17-29(34(7,32)33)24-14-11-19(3)15-20(24)4/h9-15,21-22H,8,16-17H2,1-7H3,(H,27,31)/t21-,22+/m1/s1. The van der Waals surface area contributed by atoms with E-state index in [9.17, 15) is 18.0 Å². The lowest BCUT2D eigenvalue weighted by atomic mass is 10.1. The summed E-state index contributed by atoms with van der Waals surface area (Å²) in [6, 6.07) is 12.3. The topological polar surface area (TPSA) is 86.8 Å². The van der Waals surface area contributed by atoms with Crippen molar-refractivity contribution in [1.82, 2.24) is 10.2 Å². The van der Waals surface area contributed by atoms with Crippen molar-refractivity contribution in [3.8, 4) is 0 Å². The van der Waals surface area contributed by atoms with Crippen LogP contribution in [0.4, 0.5) is 5.69 Å². The van der Waals surface area contributed by atoms with Gasteiger partial charge in [0.1, 0.15) is 12.6 Å². The summed E-state index contributed by atoms with van der Waals surface area (Å²) >= 11 is 0. The predicted molar refractivity (Wildman–Crippen MR) is 137 cm³/mol. The van der Waals surface area contributed by atoms with Crippen molar-refractivity contribution in [2.45, 2.75) is 66.6 Å². The molecule has 0 fully saturated rings. The van der Waals surface area contributed by atoms with Crippen LogP contribution in [0, 0.1) is 20.8 Å². The zero-order valence-corrected chi connectivity index (χ0v) is 22.1. The van der Waals surface area contributed by atoms with E-state index >= 15 is 0 Å². The molecule has 186 valence electrons. The summed E-state index contributed by atoms with van der Waals surface area (Å²) in [5.74, 6) is -0.718. The van der Waals surface area contributed by atoms with Gasteiger partial charge >= 0.3 is 0 Å². The molecule has 0 bridgehead atoms. The SMILES string of the molecule is CC[C@@H](C)NC(=O)[C@H](C)N(Cc1ccc(C)cc1)C(=O)CN(c1ccc(C)cc1C)S(C)(=O)=O. The van der Waals surface area contributed by atoms with E-state index in [1.165, 1.54) is 4.90 Å². The second kappa shape index (κ2) is 11.5. The molecule has 0 heterocycles. The third-order valence-corrected chi connectivity index (χ3v) is 7.07. The number of aryl methyl sites for hydroxylation is 3. The third-order valence-electron chi connectivity index (χ3n) is 5.94. The van der Waals surface area contributed by atoms with E-state index in [0.29, 0.717) is 5.69 Å². The summed E-state index contributed by atoms with van der Waals surface area (Å²) in [6.07, 6.45) is 1.85. The molecule has 2 amide bonds. The van der Waals surface area contributed by atoms with Gasteiger partial charge in [0.2, 0.25) is 21.8 Å². The second-order valence-electron chi connectivity index (χ2n) is 9.06. The number of hydrogen-bond acceptors (Lipinski definition) is 4. The highest BCUT2D eigenvalue weighted by molar-refractivity contribution is 7.92. The van der Waals surface area contributed by atoms with Crippen LogP contribution in [-0.4, -0.2) is 50.0 Å². The van der Waals surface area contributed by atoms with Gasteiger partial charge in [-0.2, -0.15) is 0 Å². The van der Waals surface area contributed by atoms with Crippen LogP contribution >= 0.6 is 0 Å². The van der Waals surface area contributed by atoms with Crippen molar-refractivity contribution < 1.29 is 18.0 Å². The highest BCUT2D eigenvalue weighted by Crippen LogP contribution is 2.24. The number of carbonyl (C=O) groups excluding carboxylic acids is 2. The smallest absolute Gasteiger partial charge is 0.244 e. The first-order chi connectivity index (χ1) is 15.8. The van der Waals surface area contributed by atoms with E-state index in [1.807, 2.05) is 71.0 Å². The second-order valence-corrected chi connectivity index (χ2v) is 11.0. The number of sulfonamides is 1. The molecule has 0 radical (unpaired) electrons. The normalized spacial score (nSPS) is 13.1. The summed E-state index contributed by atoms with van der Waals surface area (Å²) in [6.45, 7) is 11.1. The number of amides is 2. The van der Waals surface area contributed by atoms with Crippen LogP contribution in [0.2, 0.25) is 0 Å². The van der Waals surface area contributed by atoms with Crippen LogP contribution in [0.3, 0.4) is 0 Å². The fourth-order valence-electron chi connectivity index (χ4n) is 3.62. The van der Waals surface area contributed by atoms with Crippen LogP contribution in [-0.2, 0) is 26.2 Å². The minimum absolute atomic E-state index is 0.0333. The Morgan fingerprint density at radius 2 is 1.56 bits per heavy atom. The Morgan fingerprint density at radius 1 is 0.971 bits per heavy atom. The number of hydrogen-bond donors (Lipinski definition) is 1. The predicted octanol–water partition coefficient (Wildman–Crippen LogP) is 3.71. The maximum Gasteiger partial charge on any atom is 0.244 e. The van der Waals surface area contributed by atoms with Crippen LogP contribution in [0.1, 0.15) is 49.4 Å². The molecule has 0 unspecified atom stereocenters. The molecule has 2 aromatic rings. The molecule has 1 N–H and O–H groups in total. The molecule has 0 spiro atoms. The molecular weight excluding hydrogens is 450 g/mol. The first kappa shape index (κ1) is 27.4. The minimum Gasteiger partial charge on any atom is -0.352 e. The van der Waals surface area contributed by atoms with E-state index in [-0.39, 0.29) is 18.5 Å². The maximum absolute atomic E-state index is 13.6. The lowest BCUT2D eigenvalue weighted by Crippen LogP contribution is -2.52. The molecule has 0 aliphatic carbocycles. The number of nitrogens with zero attached hydrogens (tertiary/aromatic N) is 2. The van der Waals surface area contributed by atoms with Crippen molar-refractivity contribution >= 4 is 27.5 Å². The molecule has 0 saturated carbocycles. The molecule has 2 atom stereocenters. The first-order valence-corrected chi connectivity index (χ1v) is 13.4. The summed E-state index contributed by atoms with van der Waals surface area (Å²) in [5, 5.41) is 2.93. The van der Waals surface area contributed by atoms with Crippen LogP contribution in [0.25, 0.3) is 0 Å². The number of benzene rings is 2. The Balaban J connectivity index is 2.41. The van der Waals surface area contributed by atoms with Gasteiger partial charge in [-0.3, -0.25) is 13.9 Å². The Bertz CT molecular complexity index is 1110. The summed E-state index contributed by atoms with van der Waals surface area (Å²) in [5.41, 5.74) is 4.15. The molecule has 0 aliphatic heterocycles. The largest absolute Gasteiger partial charge is 0.352 e. The van der Waals surface area contributed by atoms with E-state index in [4.69, 9.17) is 0 Å². The Labute approximate surface area is 204 Å². The molecule has 8 heteroatoms. The molecule has 7 nitrogen and oxygen atoms in total. The zero-order valence-electron chi connectivity index (χ0n) is 21.3. The van der Waals surface area contributed by atoms with Gasteiger partial charge in [0.05, 0.1) is 11.9 Å². The maximum atomic E-state index is 13.6. The lowest BCUT2D eigenvalue weighted by Gasteiger charge is -2.32. The Morgan fingerprint density at radius 3 is 2.09 bits per heavy atom. The molecule has 0 saturated heterocycles. The average molecular weight is 488 g/mol. The summed E-state index contributed by atoms with van der Waals surface area (Å²) in [7, 11) is -3.74. The number of nitrogens with one attached hydrogen (secondary N) is 1. The van der Waals surface area contributed by atoms with Gasteiger partial charge in [0.25, 0.3) is 0 Å². The molecule has 0 aliphatic rings. The molecule has 2 aromatic carbocycles. The molecular formula is C26H37N3O4S. The molecule has 2 rings (SSSR count).